The molecule has 0 atom stereocenters. The molecule has 100 valence electrons. The zero-order chi connectivity index (χ0) is 14.0. The zero-order valence-corrected chi connectivity index (χ0v) is 11.1. The van der Waals surface area contributed by atoms with E-state index in [0.717, 1.165) is 0 Å². The lowest BCUT2D eigenvalue weighted by molar-refractivity contribution is 0.0782. The Morgan fingerprint density at radius 2 is 2.21 bits per heavy atom. The molecular weight excluding hydrogens is 246 g/mol. The van der Waals surface area contributed by atoms with Crippen molar-refractivity contribution in [1.29, 1.82) is 0 Å². The van der Waals surface area contributed by atoms with Gasteiger partial charge in [-0.15, -0.1) is 0 Å². The van der Waals surface area contributed by atoms with E-state index in [1.807, 2.05) is 0 Å². The average molecular weight is 261 g/mol. The molecule has 6 heteroatoms. The average Bonchev–Trinajstić information content (AvgIpc) is 2.77. The fourth-order valence-electron chi connectivity index (χ4n) is 1.71. The van der Waals surface area contributed by atoms with Crippen LogP contribution in [0.5, 0.6) is 0 Å². The van der Waals surface area contributed by atoms with Crippen molar-refractivity contribution in [3.05, 3.63) is 51.8 Å². The van der Waals surface area contributed by atoms with Crippen molar-refractivity contribution in [2.24, 2.45) is 7.05 Å². The van der Waals surface area contributed by atoms with Crippen molar-refractivity contribution >= 4 is 5.91 Å². The van der Waals surface area contributed by atoms with Gasteiger partial charge >= 0.3 is 0 Å². The fourth-order valence-corrected chi connectivity index (χ4v) is 1.71. The highest BCUT2D eigenvalue weighted by Gasteiger charge is 2.14. The molecule has 0 N–H and O–H groups in total. The summed E-state index contributed by atoms with van der Waals surface area (Å²) in [7, 11) is 3.29. The molecule has 0 radical (unpaired) electrons. The van der Waals surface area contributed by atoms with Crippen molar-refractivity contribution in [2.45, 2.75) is 13.5 Å². The minimum Gasteiger partial charge on any atom is -0.361 e. The predicted octanol–water partition coefficient (Wildman–Crippen LogP) is 0.954. The standard InChI is InChI=1S/C13H15N3O3/c1-9-6-11(14-19-9)8-16(3)13(18)10-4-5-15(2)12(17)7-10/h4-7H,8H2,1-3H3. The summed E-state index contributed by atoms with van der Waals surface area (Å²) in [6.45, 7) is 2.13. The second kappa shape index (κ2) is 5.09. The van der Waals surface area contributed by atoms with Crippen molar-refractivity contribution < 1.29 is 9.32 Å². The number of carbonyl (C=O) groups excluding carboxylic acids is 1. The van der Waals surface area contributed by atoms with Gasteiger partial charge < -0.3 is 14.0 Å². The first-order valence-electron chi connectivity index (χ1n) is 5.81. The minimum atomic E-state index is -0.224. The summed E-state index contributed by atoms with van der Waals surface area (Å²) in [4.78, 5) is 25.1. The van der Waals surface area contributed by atoms with Crippen molar-refractivity contribution in [2.75, 3.05) is 7.05 Å². The molecule has 6 nitrogen and oxygen atoms in total. The molecule has 0 aromatic carbocycles. The Morgan fingerprint density at radius 1 is 1.47 bits per heavy atom. The summed E-state index contributed by atoms with van der Waals surface area (Å²) in [6.07, 6.45) is 1.57. The predicted molar refractivity (Wildman–Crippen MR) is 68.7 cm³/mol. The summed E-state index contributed by atoms with van der Waals surface area (Å²) in [5.41, 5.74) is 0.833. The van der Waals surface area contributed by atoms with Crippen LogP contribution in [-0.4, -0.2) is 27.6 Å². The third-order valence-corrected chi connectivity index (χ3v) is 2.77. The number of rotatable bonds is 3. The Balaban J connectivity index is 2.14. The molecule has 2 aromatic heterocycles. The number of pyridine rings is 1. The van der Waals surface area contributed by atoms with Crippen LogP contribution in [0, 0.1) is 6.92 Å². The molecule has 19 heavy (non-hydrogen) atoms. The second-order valence-electron chi connectivity index (χ2n) is 4.45. The lowest BCUT2D eigenvalue weighted by Crippen LogP contribution is -2.28. The number of amides is 1. The smallest absolute Gasteiger partial charge is 0.254 e. The molecule has 0 spiro atoms. The summed E-state index contributed by atoms with van der Waals surface area (Å²) < 4.78 is 6.36. The van der Waals surface area contributed by atoms with Gasteiger partial charge in [0.1, 0.15) is 11.5 Å². The number of nitrogens with zero attached hydrogens (tertiary/aromatic N) is 3. The summed E-state index contributed by atoms with van der Waals surface area (Å²) >= 11 is 0. The zero-order valence-electron chi connectivity index (χ0n) is 11.1. The number of hydrogen-bond acceptors (Lipinski definition) is 4. The number of carbonyl (C=O) groups is 1. The minimum absolute atomic E-state index is 0.212. The lowest BCUT2D eigenvalue weighted by atomic mass is 10.2. The van der Waals surface area contributed by atoms with E-state index < -0.39 is 0 Å². The molecule has 0 aliphatic carbocycles. The van der Waals surface area contributed by atoms with E-state index in [-0.39, 0.29) is 11.5 Å². The van der Waals surface area contributed by atoms with Crippen LogP contribution in [0.1, 0.15) is 21.8 Å². The second-order valence-corrected chi connectivity index (χ2v) is 4.45. The van der Waals surface area contributed by atoms with Crippen LogP contribution in [0.25, 0.3) is 0 Å². The molecule has 0 aliphatic heterocycles. The van der Waals surface area contributed by atoms with Crippen molar-refractivity contribution in [3.8, 4) is 0 Å². The first-order valence-corrected chi connectivity index (χ1v) is 5.81. The van der Waals surface area contributed by atoms with E-state index in [1.165, 1.54) is 15.5 Å². The van der Waals surface area contributed by atoms with E-state index in [2.05, 4.69) is 5.16 Å². The highest BCUT2D eigenvalue weighted by molar-refractivity contribution is 5.93. The molecule has 0 saturated heterocycles. The van der Waals surface area contributed by atoms with Crippen LogP contribution in [0.4, 0.5) is 0 Å². The van der Waals surface area contributed by atoms with E-state index >= 15 is 0 Å². The number of aryl methyl sites for hydroxylation is 2. The third-order valence-electron chi connectivity index (χ3n) is 2.77. The first-order chi connectivity index (χ1) is 8.97. The van der Waals surface area contributed by atoms with Crippen LogP contribution < -0.4 is 5.56 Å². The molecule has 2 rings (SSSR count). The molecule has 0 saturated carbocycles. The molecule has 0 fully saturated rings. The van der Waals surface area contributed by atoms with Crippen LogP contribution in [-0.2, 0) is 13.6 Å². The molecule has 0 aliphatic rings. The van der Waals surface area contributed by atoms with E-state index in [4.69, 9.17) is 4.52 Å². The molecule has 0 unspecified atom stereocenters. The Kier molecular flexibility index (Phi) is 3.50. The van der Waals surface area contributed by atoms with Gasteiger partial charge in [-0.05, 0) is 13.0 Å². The van der Waals surface area contributed by atoms with E-state index in [9.17, 15) is 9.59 Å². The third kappa shape index (κ3) is 2.90. The number of hydrogen-bond donors (Lipinski definition) is 0. The molecule has 2 heterocycles. The Hall–Kier alpha value is -2.37. The maximum Gasteiger partial charge on any atom is 0.254 e. The maximum absolute atomic E-state index is 12.1. The van der Waals surface area contributed by atoms with Gasteiger partial charge in [-0.2, -0.15) is 0 Å². The lowest BCUT2D eigenvalue weighted by Gasteiger charge is -2.15. The SMILES string of the molecule is Cc1cc(CN(C)C(=O)c2ccn(C)c(=O)c2)no1. The van der Waals surface area contributed by atoms with Crippen molar-refractivity contribution in [1.82, 2.24) is 14.6 Å². The van der Waals surface area contributed by atoms with Gasteiger partial charge in [0.2, 0.25) is 0 Å². The van der Waals surface area contributed by atoms with Gasteiger partial charge in [0, 0.05) is 38.0 Å². The summed E-state index contributed by atoms with van der Waals surface area (Å²) in [5, 5.41) is 3.83. The van der Waals surface area contributed by atoms with Gasteiger partial charge in [0.25, 0.3) is 11.5 Å². The highest BCUT2D eigenvalue weighted by atomic mass is 16.5. The summed E-state index contributed by atoms with van der Waals surface area (Å²) in [5.74, 6) is 0.475. The van der Waals surface area contributed by atoms with Crippen LogP contribution in [0.3, 0.4) is 0 Å². The Morgan fingerprint density at radius 3 is 2.79 bits per heavy atom. The highest BCUT2D eigenvalue weighted by Crippen LogP contribution is 2.07. The molecule has 1 amide bonds. The largest absolute Gasteiger partial charge is 0.361 e. The van der Waals surface area contributed by atoms with Gasteiger partial charge in [0.15, 0.2) is 0 Å². The van der Waals surface area contributed by atoms with Crippen LogP contribution >= 0.6 is 0 Å². The number of aromatic nitrogens is 2. The molecular formula is C13H15N3O3. The molecule has 2 aromatic rings. The summed E-state index contributed by atoms with van der Waals surface area (Å²) in [6, 6.07) is 4.72. The van der Waals surface area contributed by atoms with Gasteiger partial charge in [-0.25, -0.2) is 0 Å². The Labute approximate surface area is 110 Å². The first kappa shape index (κ1) is 13.1. The van der Waals surface area contributed by atoms with Crippen molar-refractivity contribution in [3.63, 3.8) is 0 Å². The molecule has 0 bridgehead atoms. The van der Waals surface area contributed by atoms with Gasteiger partial charge in [-0.3, -0.25) is 9.59 Å². The quantitative estimate of drug-likeness (QED) is 0.825. The van der Waals surface area contributed by atoms with Crippen LogP contribution in [0.2, 0.25) is 0 Å². The fraction of sp³-hybridized carbons (Fsp3) is 0.308. The van der Waals surface area contributed by atoms with Crippen LogP contribution in [0.15, 0.2) is 33.7 Å². The van der Waals surface area contributed by atoms with E-state index in [1.54, 1.807) is 39.3 Å². The van der Waals surface area contributed by atoms with E-state index in [0.29, 0.717) is 23.6 Å². The van der Waals surface area contributed by atoms with Gasteiger partial charge in [0.05, 0.1) is 6.54 Å². The topological polar surface area (TPSA) is 68.3 Å². The monoisotopic (exact) mass is 261 g/mol. The Bertz CT molecular complexity index is 657. The van der Waals surface area contributed by atoms with Gasteiger partial charge in [-0.1, -0.05) is 5.16 Å². The normalized spacial score (nSPS) is 10.5. The maximum atomic E-state index is 12.1.